The molecule has 0 saturated carbocycles. The third-order valence-electron chi connectivity index (χ3n) is 5.43. The highest BCUT2D eigenvalue weighted by Gasteiger charge is 2.33. The number of hydrogen-bond donors (Lipinski definition) is 1. The number of amides is 2. The molecule has 1 N–H and O–H groups in total. The Labute approximate surface area is 196 Å². The molecule has 2 amide bonds. The number of hydrogen-bond acceptors (Lipinski definition) is 3. The van der Waals surface area contributed by atoms with Gasteiger partial charge in [-0.3, -0.25) is 9.59 Å². The maximum absolute atomic E-state index is 13.3. The maximum Gasteiger partial charge on any atom is 0.416 e. The molecule has 0 bridgehead atoms. The summed E-state index contributed by atoms with van der Waals surface area (Å²) in [5, 5.41) is 2.97. The summed E-state index contributed by atoms with van der Waals surface area (Å²) >= 11 is 1.19. The lowest BCUT2D eigenvalue weighted by Gasteiger charge is -2.31. The van der Waals surface area contributed by atoms with Crippen molar-refractivity contribution in [2.75, 3.05) is 4.90 Å². The van der Waals surface area contributed by atoms with Crippen LogP contribution in [-0.4, -0.2) is 17.9 Å². The fourth-order valence-electron chi connectivity index (χ4n) is 3.88. The van der Waals surface area contributed by atoms with Crippen molar-refractivity contribution < 1.29 is 22.8 Å². The van der Waals surface area contributed by atoms with Gasteiger partial charge in [0.05, 0.1) is 22.7 Å². The van der Waals surface area contributed by atoms with Gasteiger partial charge in [-0.2, -0.15) is 13.2 Å². The highest BCUT2D eigenvalue weighted by molar-refractivity contribution is 8.04. The van der Waals surface area contributed by atoms with Crippen LogP contribution < -0.4 is 10.2 Å². The number of benzene rings is 2. The molecule has 0 fully saturated rings. The van der Waals surface area contributed by atoms with Crippen LogP contribution in [0.15, 0.2) is 64.4 Å². The lowest BCUT2D eigenvalue weighted by molar-refractivity contribution is -0.137. The number of thioether (sulfide) groups is 1. The second-order valence-electron chi connectivity index (χ2n) is 8.69. The molecule has 0 aromatic heterocycles. The molecular formula is C25H27F3N2O2S. The molecule has 176 valence electrons. The van der Waals surface area contributed by atoms with E-state index in [1.54, 1.807) is 18.2 Å². The average Bonchev–Trinajstić information content (AvgIpc) is 2.74. The van der Waals surface area contributed by atoms with Crippen LogP contribution in [0, 0.1) is 11.8 Å². The van der Waals surface area contributed by atoms with E-state index < -0.39 is 17.6 Å². The Balaban J connectivity index is 1.91. The van der Waals surface area contributed by atoms with E-state index >= 15 is 0 Å². The monoisotopic (exact) mass is 476 g/mol. The molecule has 2 aromatic rings. The first-order valence-corrected chi connectivity index (χ1v) is 11.6. The topological polar surface area (TPSA) is 49.4 Å². The van der Waals surface area contributed by atoms with Crippen molar-refractivity contribution in [1.29, 1.82) is 0 Å². The Kier molecular flexibility index (Phi) is 7.57. The summed E-state index contributed by atoms with van der Waals surface area (Å²) in [6, 6.07) is 12.0. The van der Waals surface area contributed by atoms with E-state index in [1.165, 1.54) is 28.8 Å². The number of alkyl halides is 3. The van der Waals surface area contributed by atoms with Crippen molar-refractivity contribution in [3.63, 3.8) is 0 Å². The van der Waals surface area contributed by atoms with E-state index in [1.807, 2.05) is 39.8 Å². The molecule has 1 aliphatic rings. The first-order valence-electron chi connectivity index (χ1n) is 10.7. The van der Waals surface area contributed by atoms with Crippen molar-refractivity contribution in [2.45, 2.75) is 51.4 Å². The minimum Gasteiger partial charge on any atom is -0.349 e. The smallest absolute Gasteiger partial charge is 0.349 e. The van der Waals surface area contributed by atoms with Gasteiger partial charge in [0.25, 0.3) is 5.91 Å². The molecule has 0 radical (unpaired) electrons. The van der Waals surface area contributed by atoms with Gasteiger partial charge in [-0.15, -0.1) is 0 Å². The van der Waals surface area contributed by atoms with Crippen LogP contribution in [0.25, 0.3) is 0 Å². The van der Waals surface area contributed by atoms with E-state index in [0.717, 1.165) is 17.0 Å². The van der Waals surface area contributed by atoms with E-state index in [2.05, 4.69) is 5.32 Å². The van der Waals surface area contributed by atoms with Crippen LogP contribution >= 0.6 is 11.8 Å². The van der Waals surface area contributed by atoms with Crippen molar-refractivity contribution in [3.8, 4) is 0 Å². The number of carbonyl (C=O) groups is 2. The van der Waals surface area contributed by atoms with Gasteiger partial charge < -0.3 is 10.2 Å². The van der Waals surface area contributed by atoms with Gasteiger partial charge in [0, 0.05) is 17.0 Å². The fourth-order valence-corrected chi connectivity index (χ4v) is 4.91. The Morgan fingerprint density at radius 1 is 1.06 bits per heavy atom. The third kappa shape index (κ3) is 5.99. The average molecular weight is 477 g/mol. The van der Waals surface area contributed by atoms with Gasteiger partial charge in [-0.05, 0) is 41.7 Å². The standard InChI is InChI=1S/C25H27F3N2O2S/c1-15(2)23(16(3)4)29-22(31)13-21-24(32)30(19-10-5-6-11-20(19)33-21)14-17-8-7-9-18(12-17)25(26,27)28/h5-13,15-16,23H,14H2,1-4H3,(H,29,31). The number of rotatable bonds is 6. The number of carbonyl (C=O) groups excluding carboxylic acids is 2. The van der Waals surface area contributed by atoms with E-state index in [-0.39, 0.29) is 35.2 Å². The van der Waals surface area contributed by atoms with Crippen LogP contribution in [0.5, 0.6) is 0 Å². The van der Waals surface area contributed by atoms with E-state index in [9.17, 15) is 22.8 Å². The normalized spacial score (nSPS) is 15.5. The molecule has 0 unspecified atom stereocenters. The van der Waals surface area contributed by atoms with Crippen molar-refractivity contribution in [2.24, 2.45) is 11.8 Å². The van der Waals surface area contributed by atoms with Crippen molar-refractivity contribution in [3.05, 3.63) is 70.6 Å². The summed E-state index contributed by atoms with van der Waals surface area (Å²) in [5.41, 5.74) is 0.184. The molecule has 2 aromatic carbocycles. The van der Waals surface area contributed by atoms with Gasteiger partial charge in [0.1, 0.15) is 0 Å². The second kappa shape index (κ2) is 10.0. The zero-order valence-corrected chi connectivity index (χ0v) is 19.8. The second-order valence-corrected chi connectivity index (χ2v) is 9.77. The number of fused-ring (bicyclic) bond motifs is 1. The Bertz CT molecular complexity index is 1060. The summed E-state index contributed by atoms with van der Waals surface area (Å²) in [7, 11) is 0. The minimum atomic E-state index is -4.47. The zero-order valence-electron chi connectivity index (χ0n) is 18.9. The van der Waals surface area contributed by atoms with Gasteiger partial charge in [0.15, 0.2) is 0 Å². The molecule has 0 atom stereocenters. The zero-order chi connectivity index (χ0) is 24.3. The molecule has 8 heteroatoms. The molecular weight excluding hydrogens is 449 g/mol. The predicted molar refractivity (Wildman–Crippen MR) is 125 cm³/mol. The molecule has 0 spiro atoms. The van der Waals surface area contributed by atoms with Crippen LogP contribution in [0.3, 0.4) is 0 Å². The third-order valence-corrected chi connectivity index (χ3v) is 6.51. The molecule has 4 nitrogen and oxygen atoms in total. The highest BCUT2D eigenvalue weighted by Crippen LogP contribution is 2.42. The highest BCUT2D eigenvalue weighted by atomic mass is 32.2. The molecule has 0 aliphatic carbocycles. The number of para-hydroxylation sites is 1. The molecule has 0 saturated heterocycles. The van der Waals surface area contributed by atoms with Crippen LogP contribution in [0.2, 0.25) is 0 Å². The summed E-state index contributed by atoms with van der Waals surface area (Å²) in [6.07, 6.45) is -3.18. The SMILES string of the molecule is CC(C)C(NC(=O)C=C1Sc2ccccc2N(Cc2cccc(C(F)(F)F)c2)C1=O)C(C)C. The van der Waals surface area contributed by atoms with Crippen molar-refractivity contribution >= 4 is 29.3 Å². The maximum atomic E-state index is 13.3. The quantitative estimate of drug-likeness (QED) is 0.519. The molecule has 3 rings (SSSR count). The van der Waals surface area contributed by atoms with Gasteiger partial charge in [-0.1, -0.05) is 63.7 Å². The van der Waals surface area contributed by atoms with Crippen molar-refractivity contribution in [1.82, 2.24) is 5.32 Å². The van der Waals surface area contributed by atoms with Crippen LogP contribution in [0.4, 0.5) is 18.9 Å². The summed E-state index contributed by atoms with van der Waals surface area (Å²) in [4.78, 5) is 28.4. The first kappa shape index (κ1) is 24.9. The Hall–Kier alpha value is -2.74. The van der Waals surface area contributed by atoms with Crippen LogP contribution in [-0.2, 0) is 22.3 Å². The van der Waals surface area contributed by atoms with E-state index in [0.29, 0.717) is 11.3 Å². The number of anilines is 1. The Morgan fingerprint density at radius 2 is 1.73 bits per heavy atom. The van der Waals surface area contributed by atoms with E-state index in [4.69, 9.17) is 0 Å². The Morgan fingerprint density at radius 3 is 2.36 bits per heavy atom. The molecule has 33 heavy (non-hydrogen) atoms. The fraction of sp³-hybridized carbons (Fsp3) is 0.360. The summed E-state index contributed by atoms with van der Waals surface area (Å²) < 4.78 is 39.4. The number of nitrogens with zero attached hydrogens (tertiary/aromatic N) is 1. The largest absolute Gasteiger partial charge is 0.416 e. The van der Waals surface area contributed by atoms with Gasteiger partial charge in [-0.25, -0.2) is 0 Å². The lowest BCUT2D eigenvalue weighted by atomic mass is 9.93. The number of halogens is 3. The van der Waals surface area contributed by atoms with Crippen LogP contribution in [0.1, 0.15) is 38.8 Å². The molecule has 1 aliphatic heterocycles. The molecule has 1 heterocycles. The predicted octanol–water partition coefficient (Wildman–Crippen LogP) is 6.03. The lowest BCUT2D eigenvalue weighted by Crippen LogP contribution is -2.42. The summed E-state index contributed by atoms with van der Waals surface area (Å²) in [6.45, 7) is 8.04. The van der Waals surface area contributed by atoms with Gasteiger partial charge >= 0.3 is 6.18 Å². The first-order chi connectivity index (χ1) is 15.5. The summed E-state index contributed by atoms with van der Waals surface area (Å²) in [5.74, 6) is -0.339. The minimum absolute atomic E-state index is 0.0418. The number of nitrogens with one attached hydrogen (secondary N) is 1. The van der Waals surface area contributed by atoms with Gasteiger partial charge in [0.2, 0.25) is 5.91 Å².